The molecule has 0 spiro atoms. The molecule has 3 unspecified atom stereocenters. The van der Waals surface area contributed by atoms with Gasteiger partial charge < -0.3 is 10.1 Å². The fraction of sp³-hybridized carbons (Fsp3) is 0.538. The summed E-state index contributed by atoms with van der Waals surface area (Å²) in [6, 6.07) is 5.60. The van der Waals surface area contributed by atoms with Crippen LogP contribution in [-0.2, 0) is 4.74 Å². The van der Waals surface area contributed by atoms with Crippen molar-refractivity contribution in [1.82, 2.24) is 0 Å². The lowest BCUT2D eigenvalue weighted by molar-refractivity contribution is -0.384. The molecule has 18 heavy (non-hydrogen) atoms. The van der Waals surface area contributed by atoms with Crippen LogP contribution in [0.1, 0.15) is 24.8 Å². The van der Waals surface area contributed by atoms with Crippen molar-refractivity contribution in [1.29, 1.82) is 0 Å². The topological polar surface area (TPSA) is 64.4 Å². The van der Waals surface area contributed by atoms with Crippen LogP contribution in [0.15, 0.2) is 18.2 Å². The SMILES string of the molecule is Cc1cccc(NC2CC3CCC2O3)c1[N+](=O)[O-]. The van der Waals surface area contributed by atoms with E-state index in [9.17, 15) is 10.1 Å². The van der Waals surface area contributed by atoms with Gasteiger partial charge in [-0.2, -0.15) is 0 Å². The van der Waals surface area contributed by atoms with Crippen molar-refractivity contribution in [2.75, 3.05) is 5.32 Å². The number of aryl methyl sites for hydroxylation is 1. The van der Waals surface area contributed by atoms with Crippen LogP contribution in [0.3, 0.4) is 0 Å². The average molecular weight is 248 g/mol. The Bertz CT molecular complexity index is 489. The Morgan fingerprint density at radius 1 is 1.44 bits per heavy atom. The van der Waals surface area contributed by atoms with Gasteiger partial charge in [-0.1, -0.05) is 12.1 Å². The first-order valence-electron chi connectivity index (χ1n) is 6.31. The van der Waals surface area contributed by atoms with Gasteiger partial charge in [-0.25, -0.2) is 0 Å². The molecule has 3 rings (SSSR count). The Hall–Kier alpha value is -1.62. The number of nitro groups is 1. The van der Waals surface area contributed by atoms with Gasteiger partial charge in [0.15, 0.2) is 0 Å². The van der Waals surface area contributed by atoms with Gasteiger partial charge in [-0.3, -0.25) is 10.1 Å². The largest absolute Gasteiger partial charge is 0.374 e. The minimum Gasteiger partial charge on any atom is -0.374 e. The number of hydrogen-bond donors (Lipinski definition) is 1. The highest BCUT2D eigenvalue weighted by atomic mass is 16.6. The summed E-state index contributed by atoms with van der Waals surface area (Å²) >= 11 is 0. The summed E-state index contributed by atoms with van der Waals surface area (Å²) in [6.45, 7) is 1.76. The van der Waals surface area contributed by atoms with Gasteiger partial charge in [0.05, 0.1) is 23.2 Å². The Morgan fingerprint density at radius 2 is 2.28 bits per heavy atom. The van der Waals surface area contributed by atoms with Crippen molar-refractivity contribution in [2.45, 2.75) is 44.4 Å². The van der Waals surface area contributed by atoms with E-state index >= 15 is 0 Å². The van der Waals surface area contributed by atoms with E-state index in [-0.39, 0.29) is 22.8 Å². The molecule has 5 nitrogen and oxygen atoms in total. The zero-order valence-electron chi connectivity index (χ0n) is 10.3. The van der Waals surface area contributed by atoms with Gasteiger partial charge in [0, 0.05) is 5.56 Å². The third-order valence-electron chi connectivity index (χ3n) is 3.87. The number of para-hydroxylation sites is 1. The van der Waals surface area contributed by atoms with Crippen molar-refractivity contribution in [3.8, 4) is 0 Å². The van der Waals surface area contributed by atoms with Gasteiger partial charge in [0.25, 0.3) is 5.69 Å². The molecule has 2 bridgehead atoms. The molecule has 2 aliphatic heterocycles. The van der Waals surface area contributed by atoms with E-state index in [2.05, 4.69) is 5.32 Å². The van der Waals surface area contributed by atoms with Crippen LogP contribution in [0.4, 0.5) is 11.4 Å². The number of nitrogens with zero attached hydrogens (tertiary/aromatic N) is 1. The van der Waals surface area contributed by atoms with Crippen LogP contribution in [0, 0.1) is 17.0 Å². The normalized spacial score (nSPS) is 29.5. The van der Waals surface area contributed by atoms with E-state index in [1.165, 1.54) is 0 Å². The number of rotatable bonds is 3. The molecule has 0 amide bonds. The number of nitro benzene ring substituents is 1. The standard InChI is InChI=1S/C13H16N2O3/c1-8-3-2-4-10(13(8)15(16)17)14-11-7-9-5-6-12(11)18-9/h2-4,9,11-12,14H,5-7H2,1H3. The van der Waals surface area contributed by atoms with E-state index in [1.54, 1.807) is 19.1 Å². The predicted molar refractivity (Wildman–Crippen MR) is 67.8 cm³/mol. The molecule has 2 saturated heterocycles. The zero-order valence-corrected chi connectivity index (χ0v) is 10.3. The summed E-state index contributed by atoms with van der Waals surface area (Å²) in [4.78, 5) is 10.8. The van der Waals surface area contributed by atoms with Crippen molar-refractivity contribution < 1.29 is 9.66 Å². The smallest absolute Gasteiger partial charge is 0.295 e. The van der Waals surface area contributed by atoms with E-state index < -0.39 is 0 Å². The summed E-state index contributed by atoms with van der Waals surface area (Å²) < 4.78 is 5.76. The van der Waals surface area contributed by atoms with E-state index in [1.807, 2.05) is 6.07 Å². The quantitative estimate of drug-likeness (QED) is 0.659. The van der Waals surface area contributed by atoms with Gasteiger partial charge in [-0.15, -0.1) is 0 Å². The maximum absolute atomic E-state index is 11.1. The fourth-order valence-electron chi connectivity index (χ4n) is 3.01. The molecular weight excluding hydrogens is 232 g/mol. The zero-order chi connectivity index (χ0) is 12.7. The molecule has 0 radical (unpaired) electrons. The van der Waals surface area contributed by atoms with Gasteiger partial charge >= 0.3 is 0 Å². The molecule has 2 aliphatic rings. The van der Waals surface area contributed by atoms with Crippen LogP contribution >= 0.6 is 0 Å². The highest BCUT2D eigenvalue weighted by Gasteiger charge is 2.41. The van der Waals surface area contributed by atoms with E-state index in [0.717, 1.165) is 19.3 Å². The predicted octanol–water partition coefficient (Wildman–Crippen LogP) is 2.64. The molecule has 0 aliphatic carbocycles. The third kappa shape index (κ3) is 1.84. The molecule has 3 atom stereocenters. The first-order valence-corrected chi connectivity index (χ1v) is 6.31. The first-order chi connectivity index (χ1) is 8.65. The van der Waals surface area contributed by atoms with Crippen LogP contribution in [0.5, 0.6) is 0 Å². The fourth-order valence-corrected chi connectivity index (χ4v) is 3.01. The Labute approximate surface area is 105 Å². The summed E-state index contributed by atoms with van der Waals surface area (Å²) in [6.07, 6.45) is 3.70. The lowest BCUT2D eigenvalue weighted by Crippen LogP contribution is -2.30. The second-order valence-electron chi connectivity index (χ2n) is 5.09. The second-order valence-corrected chi connectivity index (χ2v) is 5.09. The molecule has 2 heterocycles. The minimum atomic E-state index is -0.314. The van der Waals surface area contributed by atoms with Crippen molar-refractivity contribution in [2.24, 2.45) is 0 Å². The van der Waals surface area contributed by atoms with Crippen LogP contribution in [-0.4, -0.2) is 23.2 Å². The number of nitrogens with one attached hydrogen (secondary N) is 1. The summed E-state index contributed by atoms with van der Waals surface area (Å²) in [5, 5.41) is 14.4. The first kappa shape index (κ1) is 11.5. The van der Waals surface area contributed by atoms with Crippen molar-refractivity contribution in [3.63, 3.8) is 0 Å². The molecule has 1 aromatic rings. The van der Waals surface area contributed by atoms with Crippen LogP contribution in [0.2, 0.25) is 0 Å². The summed E-state index contributed by atoms with van der Waals surface area (Å²) in [7, 11) is 0. The Balaban J connectivity index is 1.84. The Morgan fingerprint density at radius 3 is 2.89 bits per heavy atom. The molecule has 0 aromatic heterocycles. The average Bonchev–Trinajstić information content (AvgIpc) is 2.90. The van der Waals surface area contributed by atoms with Gasteiger partial charge in [0.2, 0.25) is 0 Å². The van der Waals surface area contributed by atoms with Crippen molar-refractivity contribution >= 4 is 11.4 Å². The second kappa shape index (κ2) is 4.24. The lowest BCUT2D eigenvalue weighted by atomic mass is 9.95. The maximum atomic E-state index is 11.1. The molecule has 5 heteroatoms. The molecule has 1 N–H and O–H groups in total. The Kier molecular flexibility index (Phi) is 2.70. The maximum Gasteiger partial charge on any atom is 0.295 e. The number of fused-ring (bicyclic) bond motifs is 2. The van der Waals surface area contributed by atoms with Gasteiger partial charge in [0.1, 0.15) is 5.69 Å². The van der Waals surface area contributed by atoms with E-state index in [0.29, 0.717) is 17.4 Å². The summed E-state index contributed by atoms with van der Waals surface area (Å²) in [5.74, 6) is 0. The number of ether oxygens (including phenoxy) is 1. The van der Waals surface area contributed by atoms with E-state index in [4.69, 9.17) is 4.74 Å². The van der Waals surface area contributed by atoms with Gasteiger partial charge in [-0.05, 0) is 32.3 Å². The number of anilines is 1. The van der Waals surface area contributed by atoms with Crippen molar-refractivity contribution in [3.05, 3.63) is 33.9 Å². The minimum absolute atomic E-state index is 0.181. The lowest BCUT2D eigenvalue weighted by Gasteiger charge is -2.21. The highest BCUT2D eigenvalue weighted by Crippen LogP contribution is 2.38. The third-order valence-corrected chi connectivity index (χ3v) is 3.87. The number of hydrogen-bond acceptors (Lipinski definition) is 4. The number of benzene rings is 1. The molecular formula is C13H16N2O3. The molecule has 2 fully saturated rings. The summed E-state index contributed by atoms with van der Waals surface area (Å²) in [5.41, 5.74) is 1.48. The monoisotopic (exact) mass is 248 g/mol. The molecule has 0 saturated carbocycles. The highest BCUT2D eigenvalue weighted by molar-refractivity contribution is 5.65. The molecule has 96 valence electrons. The molecule has 1 aromatic carbocycles. The van der Waals surface area contributed by atoms with Crippen LogP contribution < -0.4 is 5.32 Å². The van der Waals surface area contributed by atoms with Crippen LogP contribution in [0.25, 0.3) is 0 Å².